The summed E-state index contributed by atoms with van der Waals surface area (Å²) in [6.07, 6.45) is 5.02. The molecule has 0 aliphatic carbocycles. The monoisotopic (exact) mass is 555 g/mol. The third kappa shape index (κ3) is 8.64. The van der Waals surface area contributed by atoms with Gasteiger partial charge in [-0.1, -0.05) is 92.8 Å². The number of allylic oxidation sites excluding steroid dienone is 4. The fourth-order valence-corrected chi connectivity index (χ4v) is 4.86. The molecule has 41 heavy (non-hydrogen) atoms. The summed E-state index contributed by atoms with van der Waals surface area (Å²) in [4.78, 5) is 24.9. The number of carbonyl (C=O) groups excluding carboxylic acids is 2. The van der Waals surface area contributed by atoms with Crippen LogP contribution in [0.3, 0.4) is 0 Å². The maximum absolute atomic E-state index is 14.0. The summed E-state index contributed by atoms with van der Waals surface area (Å²) in [5.41, 5.74) is 5.46. The van der Waals surface area contributed by atoms with Gasteiger partial charge >= 0.3 is 0 Å². The molecule has 3 aromatic rings. The maximum atomic E-state index is 14.0. The molecule has 0 spiro atoms. The number of rotatable bonds is 14. The van der Waals surface area contributed by atoms with Crippen molar-refractivity contribution < 1.29 is 24.9 Å². The van der Waals surface area contributed by atoms with Crippen molar-refractivity contribution in [3.05, 3.63) is 108 Å². The van der Waals surface area contributed by atoms with Gasteiger partial charge in [-0.15, -0.1) is 0 Å². The van der Waals surface area contributed by atoms with Crippen molar-refractivity contribution in [1.29, 1.82) is 0 Å². The lowest BCUT2D eigenvalue weighted by atomic mass is 9.96. The first-order valence-corrected chi connectivity index (χ1v) is 13.8. The van der Waals surface area contributed by atoms with Crippen LogP contribution in [0.5, 0.6) is 0 Å². The largest absolute Gasteiger partial charge is 0.550 e. The van der Waals surface area contributed by atoms with Crippen molar-refractivity contribution in [1.82, 2.24) is 4.57 Å². The third-order valence-corrected chi connectivity index (χ3v) is 6.78. The van der Waals surface area contributed by atoms with E-state index < -0.39 is 24.6 Å². The van der Waals surface area contributed by atoms with Crippen LogP contribution in [0.1, 0.15) is 67.7 Å². The van der Waals surface area contributed by atoms with Crippen LogP contribution in [0.4, 0.5) is 5.69 Å². The number of anilines is 1. The molecule has 0 fully saturated rings. The van der Waals surface area contributed by atoms with Gasteiger partial charge in [-0.3, -0.25) is 4.79 Å². The fraction of sp³-hybridized carbons (Fsp3) is 0.294. The first kappa shape index (κ1) is 31.3. The van der Waals surface area contributed by atoms with E-state index in [0.717, 1.165) is 28.1 Å². The summed E-state index contributed by atoms with van der Waals surface area (Å²) in [5.74, 6) is -1.66. The summed E-state index contributed by atoms with van der Waals surface area (Å²) in [6.45, 7) is 10.1. The van der Waals surface area contributed by atoms with Crippen LogP contribution < -0.4 is 10.4 Å². The molecule has 3 rings (SSSR count). The number of carbonyl (C=O) groups is 2. The Bertz CT molecular complexity index is 1390. The van der Waals surface area contributed by atoms with Crippen LogP contribution in [0, 0.1) is 0 Å². The van der Waals surface area contributed by atoms with Crippen molar-refractivity contribution in [2.24, 2.45) is 0 Å². The van der Waals surface area contributed by atoms with Crippen LogP contribution in [0.25, 0.3) is 17.2 Å². The highest BCUT2D eigenvalue weighted by Gasteiger charge is 2.29. The number of carboxylic acid groups (broad SMARTS) is 1. The van der Waals surface area contributed by atoms with Gasteiger partial charge in [0.1, 0.15) is 0 Å². The normalized spacial score (nSPS) is 13.4. The van der Waals surface area contributed by atoms with Gasteiger partial charge in [0.25, 0.3) is 5.91 Å². The van der Waals surface area contributed by atoms with Gasteiger partial charge < -0.3 is 30.0 Å². The molecule has 0 radical (unpaired) electrons. The number of amides is 1. The van der Waals surface area contributed by atoms with E-state index in [4.69, 9.17) is 0 Å². The van der Waals surface area contributed by atoms with Crippen molar-refractivity contribution in [3.8, 4) is 11.1 Å². The van der Waals surface area contributed by atoms with Crippen LogP contribution >= 0.6 is 0 Å². The van der Waals surface area contributed by atoms with E-state index in [0.29, 0.717) is 17.8 Å². The Morgan fingerprint density at radius 3 is 2.24 bits per heavy atom. The molecule has 216 valence electrons. The Labute approximate surface area is 242 Å². The van der Waals surface area contributed by atoms with Gasteiger partial charge in [0.05, 0.1) is 17.8 Å². The molecular formula is C34H39N2O5-. The lowest BCUT2D eigenvalue weighted by Crippen LogP contribution is -2.29. The van der Waals surface area contributed by atoms with Gasteiger partial charge in [0.2, 0.25) is 0 Å². The molecule has 2 unspecified atom stereocenters. The van der Waals surface area contributed by atoms with Gasteiger partial charge in [0, 0.05) is 41.6 Å². The van der Waals surface area contributed by atoms with Gasteiger partial charge in [-0.05, 0) is 49.5 Å². The van der Waals surface area contributed by atoms with E-state index in [-0.39, 0.29) is 24.7 Å². The smallest absolute Gasteiger partial charge is 0.258 e. The zero-order valence-electron chi connectivity index (χ0n) is 23.9. The molecule has 2 aromatic carbocycles. The molecule has 0 saturated heterocycles. The quantitative estimate of drug-likeness (QED) is 0.233. The van der Waals surface area contributed by atoms with Crippen molar-refractivity contribution in [2.75, 3.05) is 5.32 Å². The standard InChI is InChI=1S/C34H40N2O5/c1-5-24(4)13-12-18-29-31(25-14-8-6-9-15-25)32(34(41)35-26-16-10-7-11-17-26)33(23(2)3)36(29)20-19-27(37)21-28(38)22-30(39)40/h5-18,23,27-28,37-38H,1,19-22H2,2-4H3,(H,35,41)(H,39,40)/p-1/b18-12+,24-13-. The lowest BCUT2D eigenvalue weighted by Gasteiger charge is -2.20. The number of carboxylic acids is 1. The topological polar surface area (TPSA) is 115 Å². The molecule has 3 N–H and O–H groups in total. The highest BCUT2D eigenvalue weighted by Crippen LogP contribution is 2.38. The van der Waals surface area contributed by atoms with Crippen LogP contribution in [-0.4, -0.2) is 38.9 Å². The molecule has 0 bridgehead atoms. The number of hydrogen-bond acceptors (Lipinski definition) is 5. The highest BCUT2D eigenvalue weighted by atomic mass is 16.4. The second-order valence-corrected chi connectivity index (χ2v) is 10.4. The maximum Gasteiger partial charge on any atom is 0.258 e. The van der Waals surface area contributed by atoms with E-state index >= 15 is 0 Å². The van der Waals surface area contributed by atoms with Crippen LogP contribution in [-0.2, 0) is 11.3 Å². The zero-order valence-corrected chi connectivity index (χ0v) is 23.9. The van der Waals surface area contributed by atoms with Gasteiger partial charge in [-0.25, -0.2) is 0 Å². The van der Waals surface area contributed by atoms with Crippen molar-refractivity contribution in [3.63, 3.8) is 0 Å². The second-order valence-electron chi connectivity index (χ2n) is 10.4. The van der Waals surface area contributed by atoms with Crippen LogP contribution in [0.15, 0.2) is 91.0 Å². The average Bonchev–Trinajstić information content (AvgIpc) is 3.26. The van der Waals surface area contributed by atoms with E-state index in [1.807, 2.05) is 99.7 Å². The first-order valence-electron chi connectivity index (χ1n) is 13.8. The first-order chi connectivity index (χ1) is 19.6. The van der Waals surface area contributed by atoms with Gasteiger partial charge in [0.15, 0.2) is 0 Å². The predicted octanol–water partition coefficient (Wildman–Crippen LogP) is 5.32. The molecule has 0 aliphatic rings. The number of nitrogens with one attached hydrogen (secondary N) is 1. The Hall–Kier alpha value is -4.20. The van der Waals surface area contributed by atoms with E-state index in [1.165, 1.54) is 0 Å². The number of aliphatic hydroxyl groups is 2. The second kappa shape index (κ2) is 15.0. The Morgan fingerprint density at radius 1 is 1.02 bits per heavy atom. The minimum absolute atomic E-state index is 0.0533. The molecule has 7 nitrogen and oxygen atoms in total. The van der Waals surface area contributed by atoms with E-state index in [1.54, 1.807) is 6.08 Å². The predicted molar refractivity (Wildman–Crippen MR) is 162 cm³/mol. The Morgan fingerprint density at radius 2 is 1.66 bits per heavy atom. The van der Waals surface area contributed by atoms with Crippen molar-refractivity contribution in [2.45, 2.75) is 64.7 Å². The Balaban J connectivity index is 2.19. The number of hydrogen-bond donors (Lipinski definition) is 3. The summed E-state index contributed by atoms with van der Waals surface area (Å²) in [6, 6.07) is 19.0. The lowest BCUT2D eigenvalue weighted by molar-refractivity contribution is -0.307. The summed E-state index contributed by atoms with van der Waals surface area (Å²) >= 11 is 0. The number of benzene rings is 2. The molecule has 1 amide bonds. The van der Waals surface area contributed by atoms with E-state index in [2.05, 4.69) is 16.5 Å². The third-order valence-electron chi connectivity index (χ3n) is 6.78. The summed E-state index contributed by atoms with van der Waals surface area (Å²) in [7, 11) is 0. The molecule has 0 saturated carbocycles. The molecule has 2 atom stereocenters. The number of aliphatic carboxylic acids is 1. The number of nitrogens with zero attached hydrogens (tertiary/aromatic N) is 1. The molecule has 1 heterocycles. The summed E-state index contributed by atoms with van der Waals surface area (Å²) in [5, 5.41) is 34.6. The zero-order chi connectivity index (χ0) is 29.9. The molecule has 0 aliphatic heterocycles. The molecular weight excluding hydrogens is 516 g/mol. The van der Waals surface area contributed by atoms with Crippen molar-refractivity contribution >= 4 is 23.6 Å². The molecule has 1 aromatic heterocycles. The highest BCUT2D eigenvalue weighted by molar-refractivity contribution is 6.11. The number of aromatic nitrogens is 1. The minimum atomic E-state index is -1.37. The van der Waals surface area contributed by atoms with E-state index in [9.17, 15) is 24.9 Å². The van der Waals surface area contributed by atoms with Crippen LogP contribution in [0.2, 0.25) is 0 Å². The fourth-order valence-electron chi connectivity index (χ4n) is 4.86. The molecule has 7 heteroatoms. The van der Waals surface area contributed by atoms with Gasteiger partial charge in [-0.2, -0.15) is 0 Å². The SMILES string of the molecule is C=C/C(C)=C\C=C\c1c(-c2ccccc2)c(C(=O)Nc2ccccc2)c(C(C)C)n1CCC(O)CC(O)CC(=O)[O-]. The summed E-state index contributed by atoms with van der Waals surface area (Å²) < 4.78 is 2.05. The average molecular weight is 556 g/mol. The number of para-hydroxylation sites is 1. The number of aliphatic hydroxyl groups excluding tert-OH is 2. The Kier molecular flexibility index (Phi) is 11.4. The minimum Gasteiger partial charge on any atom is -0.550 e.